The van der Waals surface area contributed by atoms with Crippen molar-refractivity contribution in [2.24, 2.45) is 0 Å². The fourth-order valence-corrected chi connectivity index (χ4v) is 3.39. The van der Waals surface area contributed by atoms with E-state index in [0.717, 1.165) is 17.1 Å². The van der Waals surface area contributed by atoms with Gasteiger partial charge in [0.1, 0.15) is 17.6 Å². The summed E-state index contributed by atoms with van der Waals surface area (Å²) in [5.41, 5.74) is 2.06. The normalized spacial score (nSPS) is 21.6. The van der Waals surface area contributed by atoms with Crippen molar-refractivity contribution in [3.8, 4) is 11.5 Å². The van der Waals surface area contributed by atoms with Crippen LogP contribution >= 0.6 is 11.3 Å². The first-order chi connectivity index (χ1) is 9.19. The predicted molar refractivity (Wildman–Crippen MR) is 75.0 cm³/mol. The minimum atomic E-state index is -0.485. The summed E-state index contributed by atoms with van der Waals surface area (Å²) in [5.74, 6) is 1.46. The number of aliphatic hydroxyl groups is 1. The van der Waals surface area contributed by atoms with E-state index < -0.39 is 6.10 Å². The third kappa shape index (κ3) is 2.22. The molecule has 4 heteroatoms. The molecule has 1 N–H and O–H groups in total. The van der Waals surface area contributed by atoms with Crippen LogP contribution in [0.15, 0.2) is 29.6 Å². The van der Waals surface area contributed by atoms with Crippen LogP contribution in [0.5, 0.6) is 11.5 Å². The first-order valence-corrected chi connectivity index (χ1v) is 7.13. The van der Waals surface area contributed by atoms with Crippen molar-refractivity contribution in [3.63, 3.8) is 0 Å². The van der Waals surface area contributed by atoms with E-state index in [1.165, 1.54) is 10.4 Å². The molecule has 0 fully saturated rings. The standard InChI is InChI=1S/C15H16O3S/c1-9-5-6-19-15(9)14-8-12(16)11-4-3-10(17-2)7-13(11)18-14/h3-7,12,14,16H,8H2,1-2H3/t12-,14?/m1/s1. The van der Waals surface area contributed by atoms with Gasteiger partial charge in [0.25, 0.3) is 0 Å². The zero-order valence-electron chi connectivity index (χ0n) is 10.9. The van der Waals surface area contributed by atoms with Crippen LogP contribution in [0.1, 0.15) is 34.6 Å². The Morgan fingerprint density at radius 3 is 2.89 bits per heavy atom. The fraction of sp³-hybridized carbons (Fsp3) is 0.333. The highest BCUT2D eigenvalue weighted by Crippen LogP contribution is 2.43. The van der Waals surface area contributed by atoms with Gasteiger partial charge in [-0.1, -0.05) is 0 Å². The number of hydrogen-bond acceptors (Lipinski definition) is 4. The highest BCUT2D eigenvalue weighted by molar-refractivity contribution is 7.10. The second kappa shape index (κ2) is 4.87. The molecule has 2 aromatic rings. The van der Waals surface area contributed by atoms with Crippen LogP contribution in [0.2, 0.25) is 0 Å². The number of rotatable bonds is 2. The maximum atomic E-state index is 10.3. The summed E-state index contributed by atoms with van der Waals surface area (Å²) in [7, 11) is 1.63. The summed E-state index contributed by atoms with van der Waals surface area (Å²) in [6, 6.07) is 7.64. The van der Waals surface area contributed by atoms with Crippen LogP contribution in [-0.2, 0) is 0 Å². The molecular weight excluding hydrogens is 260 g/mol. The third-order valence-electron chi connectivity index (χ3n) is 3.48. The van der Waals surface area contributed by atoms with Gasteiger partial charge in [0.05, 0.1) is 13.2 Å². The van der Waals surface area contributed by atoms with Gasteiger partial charge in [-0.3, -0.25) is 0 Å². The number of ether oxygens (including phenoxy) is 2. The maximum Gasteiger partial charge on any atom is 0.136 e. The van der Waals surface area contributed by atoms with Crippen LogP contribution in [0, 0.1) is 6.92 Å². The molecule has 0 spiro atoms. The number of hydrogen-bond donors (Lipinski definition) is 1. The molecule has 0 amide bonds. The second-order valence-electron chi connectivity index (χ2n) is 4.73. The average molecular weight is 276 g/mol. The molecule has 3 nitrogen and oxygen atoms in total. The Labute approximate surface area is 116 Å². The zero-order valence-corrected chi connectivity index (χ0v) is 11.7. The van der Waals surface area contributed by atoms with Gasteiger partial charge in [-0.25, -0.2) is 0 Å². The van der Waals surface area contributed by atoms with Gasteiger partial charge in [0, 0.05) is 22.9 Å². The van der Waals surface area contributed by atoms with E-state index in [1.807, 2.05) is 18.2 Å². The van der Waals surface area contributed by atoms with E-state index in [1.54, 1.807) is 18.4 Å². The van der Waals surface area contributed by atoms with E-state index in [0.29, 0.717) is 6.42 Å². The van der Waals surface area contributed by atoms with Crippen LogP contribution in [0.25, 0.3) is 0 Å². The zero-order chi connectivity index (χ0) is 13.4. The molecule has 1 aromatic heterocycles. The summed E-state index contributed by atoms with van der Waals surface area (Å²) in [6.45, 7) is 2.07. The first-order valence-electron chi connectivity index (χ1n) is 6.25. The Balaban J connectivity index is 1.96. The van der Waals surface area contributed by atoms with Crippen molar-refractivity contribution in [1.29, 1.82) is 0 Å². The fourth-order valence-electron chi connectivity index (χ4n) is 2.42. The van der Waals surface area contributed by atoms with E-state index in [9.17, 15) is 5.11 Å². The molecule has 1 aliphatic rings. The van der Waals surface area contributed by atoms with Crippen molar-refractivity contribution < 1.29 is 14.6 Å². The van der Waals surface area contributed by atoms with Crippen molar-refractivity contribution >= 4 is 11.3 Å². The lowest BCUT2D eigenvalue weighted by molar-refractivity contribution is 0.0669. The van der Waals surface area contributed by atoms with Gasteiger partial charge in [0.2, 0.25) is 0 Å². The molecule has 3 rings (SSSR count). The smallest absolute Gasteiger partial charge is 0.136 e. The molecule has 2 heterocycles. The van der Waals surface area contributed by atoms with Gasteiger partial charge in [-0.05, 0) is 36.1 Å². The quantitative estimate of drug-likeness (QED) is 0.910. The summed E-state index contributed by atoms with van der Waals surface area (Å²) >= 11 is 1.68. The molecule has 100 valence electrons. The van der Waals surface area contributed by atoms with E-state index in [4.69, 9.17) is 9.47 Å². The van der Waals surface area contributed by atoms with Crippen LogP contribution in [-0.4, -0.2) is 12.2 Å². The summed E-state index contributed by atoms with van der Waals surface area (Å²) in [4.78, 5) is 1.19. The minimum absolute atomic E-state index is 0.0744. The van der Waals surface area contributed by atoms with E-state index in [2.05, 4.69) is 18.4 Å². The van der Waals surface area contributed by atoms with Crippen molar-refractivity contribution in [2.75, 3.05) is 7.11 Å². The molecule has 0 saturated carbocycles. The van der Waals surface area contributed by atoms with Crippen LogP contribution in [0.4, 0.5) is 0 Å². The van der Waals surface area contributed by atoms with Crippen molar-refractivity contribution in [1.82, 2.24) is 0 Å². The van der Waals surface area contributed by atoms with Gasteiger partial charge >= 0.3 is 0 Å². The molecule has 2 atom stereocenters. The molecule has 1 aromatic carbocycles. The van der Waals surface area contributed by atoms with Crippen molar-refractivity contribution in [3.05, 3.63) is 45.6 Å². The average Bonchev–Trinajstić information content (AvgIpc) is 2.84. The summed E-state index contributed by atoms with van der Waals surface area (Å²) < 4.78 is 11.2. The highest BCUT2D eigenvalue weighted by Gasteiger charge is 2.29. The topological polar surface area (TPSA) is 38.7 Å². The number of aryl methyl sites for hydroxylation is 1. The predicted octanol–water partition coefficient (Wildman–Crippen LogP) is 3.62. The Morgan fingerprint density at radius 1 is 1.37 bits per heavy atom. The van der Waals surface area contributed by atoms with E-state index >= 15 is 0 Å². The van der Waals surface area contributed by atoms with Crippen molar-refractivity contribution in [2.45, 2.75) is 25.6 Å². The lowest BCUT2D eigenvalue weighted by Crippen LogP contribution is -2.18. The van der Waals surface area contributed by atoms with Crippen LogP contribution < -0.4 is 9.47 Å². The molecule has 0 saturated heterocycles. The third-order valence-corrected chi connectivity index (χ3v) is 4.59. The monoisotopic (exact) mass is 276 g/mol. The molecular formula is C15H16O3S. The largest absolute Gasteiger partial charge is 0.497 e. The van der Waals surface area contributed by atoms with Gasteiger partial charge in [-0.15, -0.1) is 11.3 Å². The number of methoxy groups -OCH3 is 1. The maximum absolute atomic E-state index is 10.3. The van der Waals surface area contributed by atoms with Gasteiger partial charge < -0.3 is 14.6 Å². The lowest BCUT2D eigenvalue weighted by Gasteiger charge is -2.29. The second-order valence-corrected chi connectivity index (χ2v) is 5.68. The number of benzene rings is 1. The molecule has 1 unspecified atom stereocenters. The lowest BCUT2D eigenvalue weighted by atomic mass is 9.97. The highest BCUT2D eigenvalue weighted by atomic mass is 32.1. The molecule has 0 bridgehead atoms. The molecule has 19 heavy (non-hydrogen) atoms. The van der Waals surface area contributed by atoms with Gasteiger partial charge in [0.15, 0.2) is 0 Å². The van der Waals surface area contributed by atoms with E-state index in [-0.39, 0.29) is 6.10 Å². The Morgan fingerprint density at radius 2 is 2.21 bits per heavy atom. The number of thiophene rings is 1. The van der Waals surface area contributed by atoms with Gasteiger partial charge in [-0.2, -0.15) is 0 Å². The molecule has 0 aliphatic carbocycles. The Kier molecular flexibility index (Phi) is 3.21. The molecule has 0 radical (unpaired) electrons. The summed E-state index contributed by atoms with van der Waals surface area (Å²) in [6.07, 6.45) is 0.0384. The first kappa shape index (κ1) is 12.5. The molecule has 1 aliphatic heterocycles. The summed E-state index contributed by atoms with van der Waals surface area (Å²) in [5, 5.41) is 12.3. The SMILES string of the molecule is COc1ccc2c(c1)OC(c1sccc1C)C[C@H]2O. The van der Waals surface area contributed by atoms with Crippen LogP contribution in [0.3, 0.4) is 0 Å². The Hall–Kier alpha value is -1.52. The minimum Gasteiger partial charge on any atom is -0.497 e. The Bertz CT molecular complexity index is 591. The number of aliphatic hydroxyl groups excluding tert-OH is 1. The number of fused-ring (bicyclic) bond motifs is 1.